The van der Waals surface area contributed by atoms with E-state index in [4.69, 9.17) is 4.74 Å². The minimum atomic E-state index is -0.742. The van der Waals surface area contributed by atoms with Gasteiger partial charge in [-0.3, -0.25) is 10.1 Å². The predicted molar refractivity (Wildman–Crippen MR) is 81.3 cm³/mol. The molecule has 1 aromatic carbocycles. The molecule has 23 heavy (non-hydrogen) atoms. The predicted octanol–water partition coefficient (Wildman–Crippen LogP) is 3.12. The Labute approximate surface area is 133 Å². The van der Waals surface area contributed by atoms with Crippen LogP contribution in [-0.4, -0.2) is 30.1 Å². The summed E-state index contributed by atoms with van der Waals surface area (Å²) in [4.78, 5) is 34.2. The Morgan fingerprint density at radius 3 is 2.39 bits per heavy atom. The second-order valence-corrected chi connectivity index (χ2v) is 5.82. The van der Waals surface area contributed by atoms with E-state index < -0.39 is 16.9 Å². The summed E-state index contributed by atoms with van der Waals surface area (Å²) in [6.45, 7) is 2.10. The molecule has 1 saturated carbocycles. The number of ether oxygens (including phenoxy) is 2. The number of non-ortho nitro benzene ring substituents is 1. The molecule has 2 atom stereocenters. The average molecular weight is 321 g/mol. The molecule has 0 radical (unpaired) electrons. The van der Waals surface area contributed by atoms with Crippen LogP contribution in [0, 0.1) is 16.0 Å². The van der Waals surface area contributed by atoms with Gasteiger partial charge in [0.2, 0.25) is 0 Å². The first-order valence-corrected chi connectivity index (χ1v) is 7.49. The van der Waals surface area contributed by atoms with Gasteiger partial charge in [-0.15, -0.1) is 0 Å². The standard InChI is InChI=1S/C16H19NO6/c1-10-4-3-5-14(6-10)23-16(19)12-7-11(15(18)22-2)8-13(9-12)17(20)21/h7-10,14H,3-6H2,1-2H3. The van der Waals surface area contributed by atoms with Gasteiger partial charge in [-0.05, 0) is 31.2 Å². The molecule has 124 valence electrons. The van der Waals surface area contributed by atoms with Crippen molar-refractivity contribution in [2.75, 3.05) is 7.11 Å². The summed E-state index contributed by atoms with van der Waals surface area (Å²) in [7, 11) is 1.17. The SMILES string of the molecule is COC(=O)c1cc(C(=O)OC2CCCC(C)C2)cc([N+](=O)[O-])c1. The molecule has 1 aliphatic carbocycles. The second kappa shape index (κ2) is 7.21. The maximum Gasteiger partial charge on any atom is 0.338 e. The van der Waals surface area contributed by atoms with Crippen molar-refractivity contribution in [3.8, 4) is 0 Å². The van der Waals surface area contributed by atoms with Gasteiger partial charge in [0.05, 0.1) is 23.2 Å². The lowest BCUT2D eigenvalue weighted by atomic mass is 9.89. The summed E-state index contributed by atoms with van der Waals surface area (Å²) in [5, 5.41) is 11.0. The first-order chi connectivity index (χ1) is 10.9. The number of methoxy groups -OCH3 is 1. The Bertz CT molecular complexity index is 627. The summed E-state index contributed by atoms with van der Waals surface area (Å²) >= 11 is 0. The quantitative estimate of drug-likeness (QED) is 0.480. The zero-order valence-corrected chi connectivity index (χ0v) is 13.1. The highest BCUT2D eigenvalue weighted by Gasteiger charge is 2.25. The van der Waals surface area contributed by atoms with Gasteiger partial charge in [-0.2, -0.15) is 0 Å². The van der Waals surface area contributed by atoms with E-state index in [1.165, 1.54) is 13.2 Å². The Hall–Kier alpha value is -2.44. The lowest BCUT2D eigenvalue weighted by Crippen LogP contribution is -2.24. The highest BCUT2D eigenvalue weighted by Crippen LogP contribution is 2.27. The van der Waals surface area contributed by atoms with Crippen molar-refractivity contribution < 1.29 is 24.0 Å². The smallest absolute Gasteiger partial charge is 0.338 e. The number of carbonyl (C=O) groups is 2. The van der Waals surface area contributed by atoms with Crippen LogP contribution in [0.3, 0.4) is 0 Å². The van der Waals surface area contributed by atoms with Crippen molar-refractivity contribution >= 4 is 17.6 Å². The van der Waals surface area contributed by atoms with Crippen molar-refractivity contribution in [1.82, 2.24) is 0 Å². The van der Waals surface area contributed by atoms with Gasteiger partial charge in [0.1, 0.15) is 6.10 Å². The topological polar surface area (TPSA) is 95.7 Å². The van der Waals surface area contributed by atoms with Crippen LogP contribution in [0.4, 0.5) is 5.69 Å². The normalized spacial score (nSPS) is 20.6. The van der Waals surface area contributed by atoms with E-state index in [0.717, 1.165) is 37.8 Å². The third-order valence-electron chi connectivity index (χ3n) is 3.95. The number of carbonyl (C=O) groups excluding carboxylic acids is 2. The van der Waals surface area contributed by atoms with Crippen molar-refractivity contribution in [3.05, 3.63) is 39.4 Å². The van der Waals surface area contributed by atoms with Crippen LogP contribution >= 0.6 is 0 Å². The second-order valence-electron chi connectivity index (χ2n) is 5.82. The molecule has 2 rings (SSSR count). The van der Waals surface area contributed by atoms with Gasteiger partial charge in [-0.1, -0.05) is 13.3 Å². The van der Waals surface area contributed by atoms with Gasteiger partial charge in [-0.25, -0.2) is 9.59 Å². The fourth-order valence-electron chi connectivity index (χ4n) is 2.78. The number of hydrogen-bond donors (Lipinski definition) is 0. The Kier molecular flexibility index (Phi) is 5.31. The van der Waals surface area contributed by atoms with E-state index in [9.17, 15) is 19.7 Å². The van der Waals surface area contributed by atoms with Crippen LogP contribution in [0.15, 0.2) is 18.2 Å². The molecule has 0 bridgehead atoms. The molecule has 1 aromatic rings. The summed E-state index contributed by atoms with van der Waals surface area (Å²) in [5.41, 5.74) is -0.416. The van der Waals surface area contributed by atoms with Crippen molar-refractivity contribution in [2.24, 2.45) is 5.92 Å². The first kappa shape index (κ1) is 16.9. The van der Waals surface area contributed by atoms with Gasteiger partial charge in [0, 0.05) is 12.1 Å². The zero-order valence-electron chi connectivity index (χ0n) is 13.1. The molecule has 0 aliphatic heterocycles. The Morgan fingerprint density at radius 1 is 1.17 bits per heavy atom. The first-order valence-electron chi connectivity index (χ1n) is 7.49. The summed E-state index contributed by atoms with van der Waals surface area (Å²) in [5.74, 6) is -0.913. The van der Waals surface area contributed by atoms with Crippen LogP contribution < -0.4 is 0 Å². The Morgan fingerprint density at radius 2 is 1.83 bits per heavy atom. The summed E-state index contributed by atoms with van der Waals surface area (Å²) in [6, 6.07) is 3.44. The molecule has 0 heterocycles. The molecule has 0 N–H and O–H groups in total. The summed E-state index contributed by atoms with van der Waals surface area (Å²) < 4.78 is 9.99. The maximum absolute atomic E-state index is 12.3. The van der Waals surface area contributed by atoms with Gasteiger partial charge in [0.15, 0.2) is 0 Å². The maximum atomic E-state index is 12.3. The average Bonchev–Trinajstić information content (AvgIpc) is 2.53. The highest BCUT2D eigenvalue weighted by molar-refractivity contribution is 5.96. The number of esters is 2. The van der Waals surface area contributed by atoms with Crippen LogP contribution in [0.2, 0.25) is 0 Å². The molecule has 7 heteroatoms. The van der Waals surface area contributed by atoms with E-state index in [1.54, 1.807) is 0 Å². The number of benzene rings is 1. The molecule has 0 aromatic heterocycles. The minimum absolute atomic E-state index is 0.0159. The molecule has 0 spiro atoms. The van der Waals surface area contributed by atoms with E-state index in [2.05, 4.69) is 11.7 Å². The van der Waals surface area contributed by atoms with Gasteiger partial charge < -0.3 is 9.47 Å². The van der Waals surface area contributed by atoms with Crippen LogP contribution in [0.1, 0.15) is 53.3 Å². The highest BCUT2D eigenvalue weighted by atomic mass is 16.6. The fourth-order valence-corrected chi connectivity index (χ4v) is 2.78. The molecular weight excluding hydrogens is 302 g/mol. The molecule has 1 aliphatic rings. The minimum Gasteiger partial charge on any atom is -0.465 e. The summed E-state index contributed by atoms with van der Waals surface area (Å²) in [6.07, 6.45) is 3.48. The molecule has 0 saturated heterocycles. The monoisotopic (exact) mass is 321 g/mol. The van der Waals surface area contributed by atoms with Crippen LogP contribution in [0.5, 0.6) is 0 Å². The lowest BCUT2D eigenvalue weighted by Gasteiger charge is -2.26. The number of nitrogens with zero attached hydrogens (tertiary/aromatic N) is 1. The fraction of sp³-hybridized carbons (Fsp3) is 0.500. The van der Waals surface area contributed by atoms with E-state index >= 15 is 0 Å². The molecule has 2 unspecified atom stereocenters. The van der Waals surface area contributed by atoms with E-state index in [0.29, 0.717) is 5.92 Å². The van der Waals surface area contributed by atoms with Gasteiger partial charge >= 0.3 is 11.9 Å². The van der Waals surface area contributed by atoms with E-state index in [-0.39, 0.29) is 22.9 Å². The zero-order chi connectivity index (χ0) is 17.0. The number of hydrogen-bond acceptors (Lipinski definition) is 6. The van der Waals surface area contributed by atoms with E-state index in [1.807, 2.05) is 0 Å². The lowest BCUT2D eigenvalue weighted by molar-refractivity contribution is -0.384. The van der Waals surface area contributed by atoms with Crippen molar-refractivity contribution in [1.29, 1.82) is 0 Å². The molecule has 7 nitrogen and oxygen atoms in total. The largest absolute Gasteiger partial charge is 0.465 e. The van der Waals surface area contributed by atoms with Crippen LogP contribution in [-0.2, 0) is 9.47 Å². The van der Waals surface area contributed by atoms with Crippen molar-refractivity contribution in [3.63, 3.8) is 0 Å². The molecule has 0 amide bonds. The van der Waals surface area contributed by atoms with Gasteiger partial charge in [0.25, 0.3) is 5.69 Å². The Balaban J connectivity index is 2.22. The number of nitro benzene ring substituents is 1. The molecule has 1 fully saturated rings. The number of rotatable bonds is 4. The van der Waals surface area contributed by atoms with Crippen molar-refractivity contribution in [2.45, 2.75) is 38.7 Å². The van der Waals surface area contributed by atoms with Crippen LogP contribution in [0.25, 0.3) is 0 Å². The molecular formula is C16H19NO6. The number of nitro groups is 1. The third kappa shape index (κ3) is 4.28. The third-order valence-corrected chi connectivity index (χ3v) is 3.95.